The van der Waals surface area contributed by atoms with Gasteiger partial charge in [-0.3, -0.25) is 4.79 Å². The second kappa shape index (κ2) is 6.15. The zero-order valence-electron chi connectivity index (χ0n) is 9.37. The van der Waals surface area contributed by atoms with E-state index in [0.29, 0.717) is 11.4 Å². The predicted molar refractivity (Wildman–Crippen MR) is 60.4 cm³/mol. The van der Waals surface area contributed by atoms with Crippen molar-refractivity contribution >= 4 is 11.6 Å². The smallest absolute Gasteiger partial charge is 0.272 e. The van der Waals surface area contributed by atoms with Crippen molar-refractivity contribution in [2.45, 2.75) is 13.3 Å². The summed E-state index contributed by atoms with van der Waals surface area (Å²) in [7, 11) is 0. The molecule has 0 saturated heterocycles. The van der Waals surface area contributed by atoms with Gasteiger partial charge in [0.05, 0.1) is 6.54 Å². The summed E-state index contributed by atoms with van der Waals surface area (Å²) >= 11 is 0. The molecule has 0 saturated carbocycles. The van der Waals surface area contributed by atoms with Crippen molar-refractivity contribution in [3.63, 3.8) is 0 Å². The van der Waals surface area contributed by atoms with Crippen molar-refractivity contribution < 1.29 is 18.3 Å². The zero-order valence-corrected chi connectivity index (χ0v) is 9.37. The van der Waals surface area contributed by atoms with Crippen molar-refractivity contribution in [2.24, 2.45) is 5.73 Å². The molecule has 0 aliphatic carbocycles. The first-order chi connectivity index (χ1) is 8.02. The molecule has 4 nitrogen and oxygen atoms in total. The summed E-state index contributed by atoms with van der Waals surface area (Å²) in [6.07, 6.45) is -2.53. The van der Waals surface area contributed by atoms with Crippen molar-refractivity contribution in [2.75, 3.05) is 18.5 Å². The van der Waals surface area contributed by atoms with Gasteiger partial charge in [-0.2, -0.15) is 0 Å². The first-order valence-corrected chi connectivity index (χ1v) is 5.04. The van der Waals surface area contributed by atoms with Gasteiger partial charge in [-0.1, -0.05) is 6.07 Å². The normalized spacial score (nSPS) is 10.4. The number of rotatable bonds is 5. The third-order valence-electron chi connectivity index (χ3n) is 2.02. The number of aryl methyl sites for hydroxylation is 1. The summed E-state index contributed by atoms with van der Waals surface area (Å²) in [5.41, 5.74) is 6.33. The van der Waals surface area contributed by atoms with Crippen molar-refractivity contribution in [3.05, 3.63) is 23.8 Å². The lowest BCUT2D eigenvalue weighted by molar-refractivity contribution is -0.114. The SMILES string of the molecule is Cc1ccc(NC(=O)CN)cc1OCC(F)F. The van der Waals surface area contributed by atoms with Crippen molar-refractivity contribution in [1.29, 1.82) is 0 Å². The quantitative estimate of drug-likeness (QED) is 0.825. The topological polar surface area (TPSA) is 64.4 Å². The molecule has 1 amide bonds. The fraction of sp³-hybridized carbons (Fsp3) is 0.364. The Bertz CT molecular complexity index is 397. The molecule has 0 atom stereocenters. The highest BCUT2D eigenvalue weighted by atomic mass is 19.3. The van der Waals surface area contributed by atoms with E-state index in [-0.39, 0.29) is 12.5 Å². The summed E-state index contributed by atoms with van der Waals surface area (Å²) in [6.45, 7) is 0.922. The van der Waals surface area contributed by atoms with Crippen LogP contribution in [0, 0.1) is 6.92 Å². The van der Waals surface area contributed by atoms with Crippen LogP contribution in [0.2, 0.25) is 0 Å². The molecular formula is C11H14F2N2O2. The number of carbonyl (C=O) groups excluding carboxylic acids is 1. The lowest BCUT2D eigenvalue weighted by Crippen LogP contribution is -2.21. The number of ether oxygens (including phenoxy) is 1. The molecule has 0 aliphatic heterocycles. The fourth-order valence-corrected chi connectivity index (χ4v) is 1.20. The van der Waals surface area contributed by atoms with E-state index in [4.69, 9.17) is 10.5 Å². The summed E-state index contributed by atoms with van der Waals surface area (Å²) in [4.78, 5) is 11.0. The van der Waals surface area contributed by atoms with Crippen LogP contribution in [-0.4, -0.2) is 25.5 Å². The van der Waals surface area contributed by atoms with E-state index in [9.17, 15) is 13.6 Å². The minimum Gasteiger partial charge on any atom is -0.487 e. The molecule has 1 aromatic carbocycles. The van der Waals surface area contributed by atoms with Gasteiger partial charge in [-0.25, -0.2) is 8.78 Å². The Morgan fingerprint density at radius 3 is 2.82 bits per heavy atom. The Balaban J connectivity index is 2.75. The molecule has 0 spiro atoms. The molecule has 6 heteroatoms. The van der Waals surface area contributed by atoms with Gasteiger partial charge in [0.1, 0.15) is 12.4 Å². The van der Waals surface area contributed by atoms with E-state index in [1.807, 2.05) is 0 Å². The van der Waals surface area contributed by atoms with E-state index in [2.05, 4.69) is 5.32 Å². The number of anilines is 1. The molecule has 17 heavy (non-hydrogen) atoms. The molecular weight excluding hydrogens is 230 g/mol. The molecule has 1 aromatic rings. The average Bonchev–Trinajstić information content (AvgIpc) is 2.29. The van der Waals surface area contributed by atoms with Gasteiger partial charge < -0.3 is 15.8 Å². The molecule has 0 heterocycles. The minimum absolute atomic E-state index is 0.138. The van der Waals surface area contributed by atoms with Crippen LogP contribution in [0.4, 0.5) is 14.5 Å². The lowest BCUT2D eigenvalue weighted by atomic mass is 10.2. The molecule has 0 aliphatic rings. The summed E-state index contributed by atoms with van der Waals surface area (Å²) in [5, 5.41) is 2.52. The number of hydrogen-bond donors (Lipinski definition) is 2. The molecule has 94 valence electrons. The van der Waals surface area contributed by atoms with E-state index < -0.39 is 13.0 Å². The van der Waals surface area contributed by atoms with Crippen LogP contribution < -0.4 is 15.8 Å². The summed E-state index contributed by atoms with van der Waals surface area (Å²) in [6, 6.07) is 4.82. The van der Waals surface area contributed by atoms with Crippen LogP contribution in [0.5, 0.6) is 5.75 Å². The van der Waals surface area contributed by atoms with Crippen LogP contribution in [0.25, 0.3) is 0 Å². The second-order valence-corrected chi connectivity index (χ2v) is 3.43. The standard InChI is InChI=1S/C11H14F2N2O2/c1-7-2-3-8(15-11(16)5-14)4-9(7)17-6-10(12)13/h2-4,10H,5-6,14H2,1H3,(H,15,16). The van der Waals surface area contributed by atoms with E-state index in [0.717, 1.165) is 5.56 Å². The molecule has 0 aromatic heterocycles. The van der Waals surface area contributed by atoms with Gasteiger partial charge in [0, 0.05) is 11.8 Å². The van der Waals surface area contributed by atoms with Crippen LogP contribution in [0.1, 0.15) is 5.56 Å². The van der Waals surface area contributed by atoms with Gasteiger partial charge in [0.25, 0.3) is 6.43 Å². The Morgan fingerprint density at radius 2 is 2.24 bits per heavy atom. The van der Waals surface area contributed by atoms with Crippen LogP contribution in [-0.2, 0) is 4.79 Å². The highest BCUT2D eigenvalue weighted by molar-refractivity contribution is 5.92. The predicted octanol–water partition coefficient (Wildman–Crippen LogP) is 1.54. The summed E-state index contributed by atoms with van der Waals surface area (Å²) < 4.78 is 28.9. The molecule has 0 radical (unpaired) electrons. The number of carbonyl (C=O) groups is 1. The number of amides is 1. The minimum atomic E-state index is -2.53. The Kier molecular flexibility index (Phi) is 4.84. The third-order valence-corrected chi connectivity index (χ3v) is 2.02. The van der Waals surface area contributed by atoms with Gasteiger partial charge in [-0.05, 0) is 18.6 Å². The fourth-order valence-electron chi connectivity index (χ4n) is 1.20. The van der Waals surface area contributed by atoms with Crippen LogP contribution in [0.3, 0.4) is 0 Å². The zero-order chi connectivity index (χ0) is 12.8. The average molecular weight is 244 g/mol. The number of nitrogens with one attached hydrogen (secondary N) is 1. The third kappa shape index (κ3) is 4.36. The number of nitrogens with two attached hydrogens (primary N) is 1. The second-order valence-electron chi connectivity index (χ2n) is 3.43. The molecule has 0 unspecified atom stereocenters. The Labute approximate surface area is 97.8 Å². The number of hydrogen-bond acceptors (Lipinski definition) is 3. The number of halogens is 2. The van der Waals surface area contributed by atoms with Crippen LogP contribution >= 0.6 is 0 Å². The first kappa shape index (κ1) is 13.4. The number of alkyl halides is 2. The maximum Gasteiger partial charge on any atom is 0.272 e. The van der Waals surface area contributed by atoms with E-state index >= 15 is 0 Å². The molecule has 0 bridgehead atoms. The maximum absolute atomic E-state index is 12.0. The van der Waals surface area contributed by atoms with E-state index in [1.165, 1.54) is 6.07 Å². The monoisotopic (exact) mass is 244 g/mol. The highest BCUT2D eigenvalue weighted by Crippen LogP contribution is 2.23. The van der Waals surface area contributed by atoms with Crippen molar-refractivity contribution in [1.82, 2.24) is 0 Å². The summed E-state index contributed by atoms with van der Waals surface area (Å²) in [5.74, 6) is -0.0335. The molecule has 1 rings (SSSR count). The maximum atomic E-state index is 12.0. The largest absolute Gasteiger partial charge is 0.487 e. The first-order valence-electron chi connectivity index (χ1n) is 5.04. The van der Waals surface area contributed by atoms with Gasteiger partial charge >= 0.3 is 0 Å². The Morgan fingerprint density at radius 1 is 1.53 bits per heavy atom. The van der Waals surface area contributed by atoms with Crippen molar-refractivity contribution in [3.8, 4) is 5.75 Å². The van der Waals surface area contributed by atoms with E-state index in [1.54, 1.807) is 19.1 Å². The van der Waals surface area contributed by atoms with Gasteiger partial charge in [0.2, 0.25) is 5.91 Å². The van der Waals surface area contributed by atoms with Gasteiger partial charge in [-0.15, -0.1) is 0 Å². The number of benzene rings is 1. The van der Waals surface area contributed by atoms with Crippen LogP contribution in [0.15, 0.2) is 18.2 Å². The van der Waals surface area contributed by atoms with Gasteiger partial charge in [0.15, 0.2) is 0 Å². The lowest BCUT2D eigenvalue weighted by Gasteiger charge is -2.11. The Hall–Kier alpha value is -1.69. The highest BCUT2D eigenvalue weighted by Gasteiger charge is 2.07. The molecule has 0 fully saturated rings. The molecule has 3 N–H and O–H groups in total.